The fourth-order valence-electron chi connectivity index (χ4n) is 2.68. The van der Waals surface area contributed by atoms with Crippen LogP contribution in [-0.4, -0.2) is 33.5 Å². The first-order valence-corrected chi connectivity index (χ1v) is 9.15. The summed E-state index contributed by atoms with van der Waals surface area (Å²) in [5.74, 6) is -0.728. The van der Waals surface area contributed by atoms with Gasteiger partial charge in [0.1, 0.15) is 0 Å². The number of aliphatic hydroxyl groups excluding tert-OH is 2. The summed E-state index contributed by atoms with van der Waals surface area (Å²) in [6.07, 6.45) is 12.2. The minimum absolute atomic E-state index is 0. The van der Waals surface area contributed by atoms with Gasteiger partial charge in [-0.2, -0.15) is 0 Å². The van der Waals surface area contributed by atoms with Gasteiger partial charge in [0.15, 0.2) is 0 Å². The lowest BCUT2D eigenvalue weighted by Crippen LogP contribution is -2.25. The molecule has 0 bridgehead atoms. The number of quaternary nitrogens is 1. The van der Waals surface area contributed by atoms with Gasteiger partial charge in [-0.3, -0.25) is 4.79 Å². The molecule has 0 aliphatic rings. The number of carbonyl (C=O) groups is 1. The molecule has 0 amide bonds. The van der Waals surface area contributed by atoms with Crippen LogP contribution in [0.15, 0.2) is 0 Å². The van der Waals surface area contributed by atoms with Crippen molar-refractivity contribution < 1.29 is 20.1 Å². The molecule has 2 unspecified atom stereocenters. The molecule has 23 heavy (non-hydrogen) atoms. The number of aliphatic carboxylic acids is 1. The molecule has 140 valence electrons. The van der Waals surface area contributed by atoms with E-state index in [0.717, 1.165) is 44.9 Å². The first kappa shape index (κ1) is 24.6. The van der Waals surface area contributed by atoms with Crippen LogP contribution in [0, 0.1) is 0 Å². The maximum Gasteiger partial charge on any atom is 0.303 e. The molecule has 0 radical (unpaired) electrons. The summed E-state index contributed by atoms with van der Waals surface area (Å²) in [5.41, 5.74) is 0. The number of unbranched alkanes of at least 4 members (excludes halogenated alkanes) is 9. The van der Waals surface area contributed by atoms with Crippen LogP contribution in [0.1, 0.15) is 96.8 Å². The van der Waals surface area contributed by atoms with Crippen molar-refractivity contribution in [1.82, 2.24) is 6.15 Å². The van der Waals surface area contributed by atoms with Crippen molar-refractivity contribution in [1.29, 1.82) is 0 Å². The Labute approximate surface area is 142 Å². The van der Waals surface area contributed by atoms with Gasteiger partial charge in [0.2, 0.25) is 0 Å². The van der Waals surface area contributed by atoms with Crippen LogP contribution in [0.2, 0.25) is 0 Å². The van der Waals surface area contributed by atoms with Crippen molar-refractivity contribution in [3.8, 4) is 0 Å². The van der Waals surface area contributed by atoms with E-state index in [-0.39, 0.29) is 12.6 Å². The second kappa shape index (κ2) is 17.7. The number of rotatable bonds is 16. The Balaban J connectivity index is 0. The normalized spacial score (nSPS) is 13.3. The predicted octanol–water partition coefficient (Wildman–Crippen LogP) is 4.65. The minimum Gasteiger partial charge on any atom is -0.481 e. The van der Waals surface area contributed by atoms with Crippen molar-refractivity contribution in [2.75, 3.05) is 0 Å². The van der Waals surface area contributed by atoms with Gasteiger partial charge < -0.3 is 21.5 Å². The molecular weight excluding hydrogens is 294 g/mol. The van der Waals surface area contributed by atoms with Gasteiger partial charge in [-0.05, 0) is 19.3 Å². The number of carboxylic acid groups (broad SMARTS) is 1. The van der Waals surface area contributed by atoms with Crippen LogP contribution in [-0.2, 0) is 4.79 Å². The SMILES string of the molecule is CCCCCCCCC(O)C(O)CCCCCCCC(=O)O.[NH4+]. The van der Waals surface area contributed by atoms with E-state index in [4.69, 9.17) is 5.11 Å². The zero-order valence-corrected chi connectivity index (χ0v) is 15.3. The van der Waals surface area contributed by atoms with E-state index >= 15 is 0 Å². The third-order valence-electron chi connectivity index (χ3n) is 4.19. The van der Waals surface area contributed by atoms with E-state index in [0.29, 0.717) is 12.8 Å². The largest absolute Gasteiger partial charge is 0.481 e. The number of hydrogen-bond acceptors (Lipinski definition) is 3. The monoisotopic (exact) mass is 334 g/mol. The van der Waals surface area contributed by atoms with Crippen LogP contribution >= 0.6 is 0 Å². The Morgan fingerprint density at radius 3 is 1.57 bits per heavy atom. The number of hydrogen-bond donors (Lipinski definition) is 4. The second-order valence-electron chi connectivity index (χ2n) is 6.39. The summed E-state index contributed by atoms with van der Waals surface area (Å²) in [7, 11) is 0. The molecule has 0 heterocycles. The zero-order chi connectivity index (χ0) is 16.6. The molecule has 0 saturated heterocycles. The summed E-state index contributed by atoms with van der Waals surface area (Å²) >= 11 is 0. The molecule has 0 spiro atoms. The van der Waals surface area contributed by atoms with Gasteiger partial charge in [0.05, 0.1) is 12.2 Å². The molecule has 0 aromatic heterocycles. The fraction of sp³-hybridized carbons (Fsp3) is 0.944. The summed E-state index contributed by atoms with van der Waals surface area (Å²) < 4.78 is 0. The molecule has 2 atom stereocenters. The molecule has 0 aromatic carbocycles. The molecule has 7 N–H and O–H groups in total. The lowest BCUT2D eigenvalue weighted by Gasteiger charge is -2.17. The molecule has 0 saturated carbocycles. The van der Waals surface area contributed by atoms with E-state index in [1.807, 2.05) is 0 Å². The first-order valence-electron chi connectivity index (χ1n) is 9.15. The highest BCUT2D eigenvalue weighted by Crippen LogP contribution is 2.15. The van der Waals surface area contributed by atoms with Gasteiger partial charge in [-0.1, -0.05) is 71.1 Å². The molecule has 0 fully saturated rings. The number of carboxylic acids is 1. The van der Waals surface area contributed by atoms with Gasteiger partial charge >= 0.3 is 5.97 Å². The smallest absolute Gasteiger partial charge is 0.303 e. The fourth-order valence-corrected chi connectivity index (χ4v) is 2.68. The first-order chi connectivity index (χ1) is 10.6. The van der Waals surface area contributed by atoms with Gasteiger partial charge in [-0.25, -0.2) is 0 Å². The summed E-state index contributed by atoms with van der Waals surface area (Å²) in [5, 5.41) is 28.3. The Hall–Kier alpha value is -0.650. The highest BCUT2D eigenvalue weighted by molar-refractivity contribution is 5.66. The molecule has 5 nitrogen and oxygen atoms in total. The van der Waals surface area contributed by atoms with Crippen molar-refractivity contribution in [2.45, 2.75) is 109 Å². The molecule has 0 aliphatic heterocycles. The van der Waals surface area contributed by atoms with E-state index in [2.05, 4.69) is 6.92 Å². The topological polar surface area (TPSA) is 114 Å². The van der Waals surface area contributed by atoms with Crippen LogP contribution in [0.4, 0.5) is 0 Å². The van der Waals surface area contributed by atoms with E-state index in [1.165, 1.54) is 25.7 Å². The van der Waals surface area contributed by atoms with Crippen molar-refractivity contribution >= 4 is 5.97 Å². The van der Waals surface area contributed by atoms with Crippen LogP contribution < -0.4 is 6.15 Å². The van der Waals surface area contributed by atoms with E-state index in [9.17, 15) is 15.0 Å². The quantitative estimate of drug-likeness (QED) is 0.307. The Morgan fingerprint density at radius 2 is 1.13 bits per heavy atom. The lowest BCUT2D eigenvalue weighted by molar-refractivity contribution is -0.137. The lowest BCUT2D eigenvalue weighted by atomic mass is 9.99. The summed E-state index contributed by atoms with van der Waals surface area (Å²) in [6.45, 7) is 2.20. The second-order valence-corrected chi connectivity index (χ2v) is 6.39. The molecule has 0 rings (SSSR count). The highest BCUT2D eigenvalue weighted by Gasteiger charge is 2.15. The maximum atomic E-state index is 10.4. The predicted molar refractivity (Wildman–Crippen MR) is 95.9 cm³/mol. The Morgan fingerprint density at radius 1 is 0.739 bits per heavy atom. The molecular formula is C18H40NO4+. The third kappa shape index (κ3) is 17.5. The average molecular weight is 335 g/mol. The van der Waals surface area contributed by atoms with Crippen molar-refractivity contribution in [3.63, 3.8) is 0 Å². The maximum absolute atomic E-state index is 10.4. The van der Waals surface area contributed by atoms with Crippen LogP contribution in [0.25, 0.3) is 0 Å². The van der Waals surface area contributed by atoms with Gasteiger partial charge in [0.25, 0.3) is 0 Å². The zero-order valence-electron chi connectivity index (χ0n) is 15.3. The van der Waals surface area contributed by atoms with Crippen LogP contribution in [0.5, 0.6) is 0 Å². The van der Waals surface area contributed by atoms with E-state index in [1.54, 1.807) is 0 Å². The van der Waals surface area contributed by atoms with Crippen molar-refractivity contribution in [3.05, 3.63) is 0 Å². The Bertz CT molecular complexity index is 261. The van der Waals surface area contributed by atoms with Crippen molar-refractivity contribution in [2.24, 2.45) is 0 Å². The summed E-state index contributed by atoms with van der Waals surface area (Å²) in [6, 6.07) is 0. The van der Waals surface area contributed by atoms with Crippen LogP contribution in [0.3, 0.4) is 0 Å². The standard InChI is InChI=1S/C18H36O4.H3N/c1-2-3-4-5-7-10-13-16(19)17(20)14-11-8-6-9-12-15-18(21)22;/h16-17,19-20H,2-15H2,1H3,(H,21,22);1H3/p+1. The minimum atomic E-state index is -0.728. The Kier molecular flexibility index (Phi) is 18.9. The average Bonchev–Trinajstić information content (AvgIpc) is 2.49. The number of aliphatic hydroxyl groups is 2. The highest BCUT2D eigenvalue weighted by atomic mass is 16.4. The molecule has 5 heteroatoms. The molecule has 0 aromatic rings. The summed E-state index contributed by atoms with van der Waals surface area (Å²) in [4.78, 5) is 10.4. The molecule has 0 aliphatic carbocycles. The van der Waals surface area contributed by atoms with Gasteiger partial charge in [-0.15, -0.1) is 0 Å². The van der Waals surface area contributed by atoms with E-state index < -0.39 is 18.2 Å². The van der Waals surface area contributed by atoms with Gasteiger partial charge in [0, 0.05) is 6.42 Å². The third-order valence-corrected chi connectivity index (χ3v) is 4.19.